The minimum atomic E-state index is -0.983. The lowest BCUT2D eigenvalue weighted by Gasteiger charge is -2.39. The lowest BCUT2D eigenvalue weighted by atomic mass is 9.83. The second-order valence-electron chi connectivity index (χ2n) is 17.0. The number of imide groups is 1. The van der Waals surface area contributed by atoms with Crippen molar-refractivity contribution in [3.05, 3.63) is 143 Å². The van der Waals surface area contributed by atoms with Crippen molar-refractivity contribution >= 4 is 46.2 Å². The highest BCUT2D eigenvalue weighted by Crippen LogP contribution is 2.37. The maximum atomic E-state index is 13.2. The predicted molar refractivity (Wildman–Crippen MR) is 232 cm³/mol. The van der Waals surface area contributed by atoms with E-state index in [1.54, 1.807) is 11.0 Å². The van der Waals surface area contributed by atoms with Crippen LogP contribution in [0.2, 0.25) is 0 Å². The molecule has 3 aromatic carbocycles. The van der Waals surface area contributed by atoms with Gasteiger partial charge < -0.3 is 24.8 Å². The third kappa shape index (κ3) is 7.98. The van der Waals surface area contributed by atoms with Crippen molar-refractivity contribution in [2.24, 2.45) is 0 Å². The maximum Gasteiger partial charge on any atom is 0.255 e. The molecule has 13 nitrogen and oxygen atoms in total. The first-order valence-electron chi connectivity index (χ1n) is 21.4. The summed E-state index contributed by atoms with van der Waals surface area (Å²) in [6, 6.07) is 30.5. The average Bonchev–Trinajstić information content (AvgIpc) is 3.84. The number of anilines is 3. The van der Waals surface area contributed by atoms with Crippen LogP contribution in [0.15, 0.2) is 110 Å². The number of piperidine rings is 3. The molecule has 7 heterocycles. The molecule has 310 valence electrons. The van der Waals surface area contributed by atoms with E-state index in [1.807, 2.05) is 42.7 Å². The van der Waals surface area contributed by atoms with Crippen molar-refractivity contribution in [3.8, 4) is 0 Å². The summed E-state index contributed by atoms with van der Waals surface area (Å²) >= 11 is 0. The van der Waals surface area contributed by atoms with Gasteiger partial charge in [0.25, 0.3) is 5.91 Å². The highest BCUT2D eigenvalue weighted by Gasteiger charge is 2.41. The fraction of sp³-hybridized carbons (Fsp3) is 0.333. The second kappa shape index (κ2) is 16.2. The van der Waals surface area contributed by atoms with Crippen LogP contribution in [-0.2, 0) is 34.8 Å². The van der Waals surface area contributed by atoms with E-state index in [0.29, 0.717) is 43.2 Å². The number of likely N-dealkylation sites (tertiary alicyclic amines) is 1. The van der Waals surface area contributed by atoms with Gasteiger partial charge in [0.15, 0.2) is 0 Å². The lowest BCUT2D eigenvalue weighted by molar-refractivity contribution is -0.136. The summed E-state index contributed by atoms with van der Waals surface area (Å²) in [5.41, 5.74) is 7.06. The van der Waals surface area contributed by atoms with Gasteiger partial charge in [0.05, 0.1) is 5.60 Å². The first kappa shape index (κ1) is 38.7. The third-order valence-electron chi connectivity index (χ3n) is 13.1. The van der Waals surface area contributed by atoms with Crippen LogP contribution in [-0.4, -0.2) is 84.4 Å². The van der Waals surface area contributed by atoms with E-state index < -0.39 is 17.6 Å². The largest absolute Gasteiger partial charge is 0.385 e. The van der Waals surface area contributed by atoms with Crippen LogP contribution in [0, 0.1) is 0 Å². The summed E-state index contributed by atoms with van der Waals surface area (Å²) in [5.74, 6) is 0.783. The first-order valence-corrected chi connectivity index (χ1v) is 21.4. The summed E-state index contributed by atoms with van der Waals surface area (Å²) in [7, 11) is 0. The van der Waals surface area contributed by atoms with Gasteiger partial charge in [-0.3, -0.25) is 24.6 Å². The van der Waals surface area contributed by atoms with Crippen molar-refractivity contribution in [2.45, 2.75) is 75.7 Å². The fourth-order valence-electron chi connectivity index (χ4n) is 9.55. The number of amides is 3. The number of nitrogens with zero attached hydrogens (tertiary/aromatic N) is 7. The average molecular weight is 816 g/mol. The molecule has 6 aromatic rings. The van der Waals surface area contributed by atoms with Crippen molar-refractivity contribution < 1.29 is 19.5 Å². The number of carbonyl (C=O) groups is 3. The molecule has 10 rings (SSSR count). The Morgan fingerprint density at radius 3 is 2.34 bits per heavy atom. The number of pyridine rings is 1. The molecule has 3 N–H and O–H groups in total. The Morgan fingerprint density at radius 1 is 0.803 bits per heavy atom. The predicted octanol–water partition coefficient (Wildman–Crippen LogP) is 6.25. The zero-order valence-electron chi connectivity index (χ0n) is 34.0. The van der Waals surface area contributed by atoms with Crippen LogP contribution in [0.3, 0.4) is 0 Å². The molecule has 0 radical (unpaired) electrons. The van der Waals surface area contributed by atoms with E-state index in [9.17, 15) is 19.5 Å². The zero-order chi connectivity index (χ0) is 41.5. The molecule has 0 saturated carbocycles. The van der Waals surface area contributed by atoms with Crippen molar-refractivity contribution in [3.63, 3.8) is 0 Å². The monoisotopic (exact) mass is 815 g/mol. The Morgan fingerprint density at radius 2 is 1.59 bits per heavy atom. The van der Waals surface area contributed by atoms with Gasteiger partial charge in [-0.2, -0.15) is 4.98 Å². The van der Waals surface area contributed by atoms with Crippen LogP contribution in [0.5, 0.6) is 0 Å². The lowest BCUT2D eigenvalue weighted by Crippen LogP contribution is -2.52. The number of hydrogen-bond donors (Lipinski definition) is 3. The van der Waals surface area contributed by atoms with Crippen LogP contribution < -0.4 is 15.5 Å². The quantitative estimate of drug-likeness (QED) is 0.136. The van der Waals surface area contributed by atoms with Gasteiger partial charge in [-0.15, -0.1) is 0 Å². The van der Waals surface area contributed by atoms with E-state index in [2.05, 4.69) is 90.8 Å². The van der Waals surface area contributed by atoms with Crippen molar-refractivity contribution in [1.29, 1.82) is 0 Å². The Balaban J connectivity index is 0.692. The Hall–Kier alpha value is -6.44. The number of benzene rings is 3. The molecule has 3 amide bonds. The van der Waals surface area contributed by atoms with Crippen molar-refractivity contribution in [1.82, 2.24) is 34.6 Å². The Bertz CT molecular complexity index is 2580. The molecule has 61 heavy (non-hydrogen) atoms. The second-order valence-corrected chi connectivity index (χ2v) is 17.0. The number of aromatic nitrogens is 4. The minimum Gasteiger partial charge on any atom is -0.385 e. The molecule has 3 saturated heterocycles. The normalized spacial score (nSPS) is 19.6. The van der Waals surface area contributed by atoms with E-state index in [1.165, 1.54) is 22.4 Å². The highest BCUT2D eigenvalue weighted by atomic mass is 16.3. The number of rotatable bonds is 10. The van der Waals surface area contributed by atoms with Gasteiger partial charge in [0.2, 0.25) is 17.8 Å². The molecule has 4 aliphatic heterocycles. The highest BCUT2D eigenvalue weighted by molar-refractivity contribution is 6.05. The molecular weight excluding hydrogens is 767 g/mol. The molecule has 4 aliphatic rings. The molecule has 3 aromatic heterocycles. The standard InChI is InChI=1S/C48H49N9O4/c58-43-15-13-41(45(59)52-43)57-31-37-26-38(9-12-40(37)46(57)60)48(61)19-24-54(25-20-48)29-33-6-10-39(11-7-33)55-21-16-34(17-22-55)35-8-14-42(49-27-35)51-47-50-28-36-18-23-56(44(36)53-47)30-32-4-2-1-3-5-32/h1-12,14,18,23,26-28,34,41,61H,13,15-17,19-22,24-25,29-31H2,(H,52,58,59)(H,49,50,51,53). The van der Waals surface area contributed by atoms with E-state index in [0.717, 1.165) is 80.1 Å². The van der Waals surface area contributed by atoms with Crippen molar-refractivity contribution in [2.75, 3.05) is 36.4 Å². The number of aliphatic hydroxyl groups is 1. The molecule has 13 heteroatoms. The van der Waals surface area contributed by atoms with Gasteiger partial charge in [-0.05, 0) is 96.2 Å². The van der Waals surface area contributed by atoms with Gasteiger partial charge in [-0.1, -0.05) is 60.7 Å². The molecule has 1 atom stereocenters. The molecule has 3 fully saturated rings. The SMILES string of the molecule is O=C1CCC(N2Cc3cc(C4(O)CCN(Cc5ccc(N6CCC(c7ccc(Nc8ncc9ccn(Cc%10ccccc%10)c9n8)nc7)CC6)cc5)CC4)ccc3C2=O)C(=O)N1. The van der Waals surface area contributed by atoms with Crippen LogP contribution in [0.25, 0.3) is 11.0 Å². The van der Waals surface area contributed by atoms with Gasteiger partial charge in [0.1, 0.15) is 17.5 Å². The summed E-state index contributed by atoms with van der Waals surface area (Å²) < 4.78 is 2.14. The van der Waals surface area contributed by atoms with E-state index in [-0.39, 0.29) is 18.2 Å². The molecule has 0 spiro atoms. The van der Waals surface area contributed by atoms with E-state index in [4.69, 9.17) is 9.97 Å². The van der Waals surface area contributed by atoms with Crippen LogP contribution in [0.4, 0.5) is 17.5 Å². The molecular formula is C48H49N9O4. The number of nitrogens with one attached hydrogen (secondary N) is 2. The van der Waals surface area contributed by atoms with Crippen LogP contribution in [0.1, 0.15) is 82.6 Å². The molecule has 0 bridgehead atoms. The summed E-state index contributed by atoms with van der Waals surface area (Å²) in [5, 5.41) is 18.4. The fourth-order valence-corrected chi connectivity index (χ4v) is 9.55. The molecule has 0 aliphatic carbocycles. The van der Waals surface area contributed by atoms with Gasteiger partial charge in [0, 0.05) is 87.5 Å². The number of fused-ring (bicyclic) bond motifs is 2. The van der Waals surface area contributed by atoms with E-state index >= 15 is 0 Å². The summed E-state index contributed by atoms with van der Waals surface area (Å²) in [6.07, 6.45) is 9.74. The topological polar surface area (TPSA) is 149 Å². The minimum absolute atomic E-state index is 0.200. The maximum absolute atomic E-state index is 13.2. The summed E-state index contributed by atoms with van der Waals surface area (Å²) in [6.45, 7) is 5.34. The number of carbonyl (C=O) groups excluding carboxylic acids is 3. The summed E-state index contributed by atoms with van der Waals surface area (Å²) in [4.78, 5) is 57.8. The number of hydrogen-bond acceptors (Lipinski definition) is 10. The third-order valence-corrected chi connectivity index (χ3v) is 13.1. The Kier molecular flexibility index (Phi) is 10.3. The van der Waals surface area contributed by atoms with Gasteiger partial charge in [-0.25, -0.2) is 9.97 Å². The van der Waals surface area contributed by atoms with Crippen LogP contribution >= 0.6 is 0 Å². The first-order chi connectivity index (χ1) is 29.7. The Labute approximate surface area is 354 Å². The smallest absolute Gasteiger partial charge is 0.255 e. The van der Waals surface area contributed by atoms with Gasteiger partial charge >= 0.3 is 0 Å². The zero-order valence-corrected chi connectivity index (χ0v) is 34.0. The molecule has 1 unspecified atom stereocenters.